The highest BCUT2D eigenvalue weighted by molar-refractivity contribution is 4.84. The van der Waals surface area contributed by atoms with E-state index in [1.54, 1.807) is 0 Å². The van der Waals surface area contributed by atoms with E-state index < -0.39 is 0 Å². The molecule has 0 amide bonds. The van der Waals surface area contributed by atoms with E-state index in [-0.39, 0.29) is 0 Å². The lowest BCUT2D eigenvalue weighted by Gasteiger charge is -2.38. The predicted molar refractivity (Wildman–Crippen MR) is 86.7 cm³/mol. The number of nitrogens with one attached hydrogen (secondary N) is 1. The van der Waals surface area contributed by atoms with Crippen LogP contribution < -0.4 is 5.32 Å². The Bertz CT molecular complexity index is 196. The van der Waals surface area contributed by atoms with Crippen LogP contribution in [0.15, 0.2) is 0 Å². The Kier molecular flexibility index (Phi) is 9.59. The molecule has 1 aliphatic rings. The quantitative estimate of drug-likeness (QED) is 0.423. The van der Waals surface area contributed by atoms with E-state index in [9.17, 15) is 0 Å². The molecule has 0 aromatic heterocycles. The summed E-state index contributed by atoms with van der Waals surface area (Å²) in [5.74, 6) is 0. The second-order valence-corrected chi connectivity index (χ2v) is 7.02. The largest absolute Gasteiger partial charge is 0.316 e. The van der Waals surface area contributed by atoms with Crippen LogP contribution in [0.25, 0.3) is 0 Å². The van der Waals surface area contributed by atoms with Crippen LogP contribution in [0.2, 0.25) is 0 Å². The molecule has 0 aromatic carbocycles. The molecule has 0 aromatic rings. The van der Waals surface area contributed by atoms with Crippen molar-refractivity contribution in [2.75, 3.05) is 13.1 Å². The number of hydrogen-bond acceptors (Lipinski definition) is 1. The molecule has 1 aliphatic carbocycles. The van der Waals surface area contributed by atoms with Gasteiger partial charge in [-0.05, 0) is 31.2 Å². The smallest absolute Gasteiger partial charge is 0.000516 e. The fraction of sp³-hybridized carbons (Fsp3) is 1.00. The molecule has 0 bridgehead atoms. The highest BCUT2D eigenvalue weighted by Crippen LogP contribution is 2.39. The first-order valence-corrected chi connectivity index (χ1v) is 8.97. The molecule has 1 rings (SSSR count). The van der Waals surface area contributed by atoms with Gasteiger partial charge in [0.1, 0.15) is 0 Å². The van der Waals surface area contributed by atoms with E-state index >= 15 is 0 Å². The van der Waals surface area contributed by atoms with Gasteiger partial charge in [0, 0.05) is 6.54 Å². The van der Waals surface area contributed by atoms with Gasteiger partial charge in [-0.3, -0.25) is 0 Å². The lowest BCUT2D eigenvalue weighted by atomic mass is 9.70. The van der Waals surface area contributed by atoms with Crippen molar-refractivity contribution in [3.05, 3.63) is 0 Å². The summed E-state index contributed by atoms with van der Waals surface area (Å²) >= 11 is 0. The van der Waals surface area contributed by atoms with Crippen LogP contribution >= 0.6 is 0 Å². The summed E-state index contributed by atoms with van der Waals surface area (Å²) in [6.07, 6.45) is 18.7. The van der Waals surface area contributed by atoms with Gasteiger partial charge in [0.05, 0.1) is 0 Å². The summed E-state index contributed by atoms with van der Waals surface area (Å²) in [7, 11) is 0. The molecule has 1 N–H and O–H groups in total. The van der Waals surface area contributed by atoms with Crippen LogP contribution in [0, 0.1) is 5.41 Å². The molecule has 0 saturated heterocycles. The second kappa shape index (κ2) is 10.7. The van der Waals surface area contributed by atoms with Gasteiger partial charge in [-0.25, -0.2) is 0 Å². The Balaban J connectivity index is 1.69. The van der Waals surface area contributed by atoms with E-state index in [4.69, 9.17) is 0 Å². The summed E-state index contributed by atoms with van der Waals surface area (Å²) in [5, 5.41) is 3.65. The zero-order valence-corrected chi connectivity index (χ0v) is 13.6. The third-order valence-corrected chi connectivity index (χ3v) is 4.82. The van der Waals surface area contributed by atoms with Gasteiger partial charge in [-0.15, -0.1) is 0 Å². The molecule has 114 valence electrons. The third-order valence-electron chi connectivity index (χ3n) is 4.82. The first-order chi connectivity index (χ1) is 9.27. The first kappa shape index (κ1) is 17.0. The summed E-state index contributed by atoms with van der Waals surface area (Å²) < 4.78 is 0. The Morgan fingerprint density at radius 2 is 1.32 bits per heavy atom. The Labute approximate surface area is 121 Å². The van der Waals surface area contributed by atoms with Crippen LogP contribution in [-0.4, -0.2) is 13.1 Å². The van der Waals surface area contributed by atoms with Gasteiger partial charge in [0.25, 0.3) is 0 Å². The monoisotopic (exact) mass is 267 g/mol. The van der Waals surface area contributed by atoms with Crippen LogP contribution in [0.5, 0.6) is 0 Å². The maximum Gasteiger partial charge on any atom is 0.000516 e. The van der Waals surface area contributed by atoms with E-state index in [0.717, 1.165) is 0 Å². The van der Waals surface area contributed by atoms with Crippen molar-refractivity contribution in [2.45, 2.75) is 97.3 Å². The Morgan fingerprint density at radius 1 is 0.789 bits per heavy atom. The number of rotatable bonds is 13. The number of unbranched alkanes of at least 4 members (excludes halogenated alkanes) is 9. The summed E-state index contributed by atoms with van der Waals surface area (Å²) in [6, 6.07) is 0. The predicted octanol–water partition coefficient (Wildman–Crippen LogP) is 5.69. The van der Waals surface area contributed by atoms with Crippen LogP contribution in [-0.2, 0) is 0 Å². The molecule has 1 fully saturated rings. The fourth-order valence-electron chi connectivity index (χ4n) is 3.08. The minimum absolute atomic E-state index is 0.651. The fourth-order valence-corrected chi connectivity index (χ4v) is 3.08. The lowest BCUT2D eigenvalue weighted by molar-refractivity contribution is 0.157. The van der Waals surface area contributed by atoms with Crippen molar-refractivity contribution < 1.29 is 0 Å². The molecule has 0 heterocycles. The molecule has 0 spiro atoms. The molecule has 0 unspecified atom stereocenters. The molecule has 0 radical (unpaired) electrons. The van der Waals surface area contributed by atoms with Gasteiger partial charge in [-0.2, -0.15) is 0 Å². The SMILES string of the molecule is CCCCCCCCCCCCNCC1(C)CCC1. The summed E-state index contributed by atoms with van der Waals surface area (Å²) in [6.45, 7) is 7.22. The lowest BCUT2D eigenvalue weighted by Crippen LogP contribution is -2.37. The van der Waals surface area contributed by atoms with Gasteiger partial charge >= 0.3 is 0 Å². The van der Waals surface area contributed by atoms with Crippen LogP contribution in [0.3, 0.4) is 0 Å². The van der Waals surface area contributed by atoms with Crippen molar-refractivity contribution in [2.24, 2.45) is 5.41 Å². The Morgan fingerprint density at radius 3 is 1.79 bits per heavy atom. The third kappa shape index (κ3) is 8.68. The normalized spacial score (nSPS) is 17.4. The molecule has 1 nitrogen and oxygen atoms in total. The van der Waals surface area contributed by atoms with Crippen molar-refractivity contribution in [3.8, 4) is 0 Å². The zero-order chi connectivity index (χ0) is 13.8. The van der Waals surface area contributed by atoms with E-state index in [0.29, 0.717) is 5.41 Å². The highest BCUT2D eigenvalue weighted by atomic mass is 14.9. The van der Waals surface area contributed by atoms with E-state index in [1.165, 1.54) is 96.6 Å². The summed E-state index contributed by atoms with van der Waals surface area (Å²) in [5.41, 5.74) is 0.651. The zero-order valence-electron chi connectivity index (χ0n) is 13.6. The van der Waals surface area contributed by atoms with Crippen LogP contribution in [0.1, 0.15) is 97.3 Å². The van der Waals surface area contributed by atoms with Crippen molar-refractivity contribution in [1.82, 2.24) is 5.32 Å². The molecular formula is C18H37N. The molecule has 19 heavy (non-hydrogen) atoms. The molecule has 0 aliphatic heterocycles. The van der Waals surface area contributed by atoms with E-state index in [2.05, 4.69) is 19.2 Å². The minimum atomic E-state index is 0.651. The Hall–Kier alpha value is -0.0400. The maximum atomic E-state index is 3.65. The average Bonchev–Trinajstić information content (AvgIpc) is 2.38. The van der Waals surface area contributed by atoms with Gasteiger partial charge in [0.2, 0.25) is 0 Å². The van der Waals surface area contributed by atoms with Gasteiger partial charge < -0.3 is 5.32 Å². The van der Waals surface area contributed by atoms with Crippen LogP contribution in [0.4, 0.5) is 0 Å². The van der Waals surface area contributed by atoms with Crippen molar-refractivity contribution in [1.29, 1.82) is 0 Å². The molecule has 0 atom stereocenters. The average molecular weight is 268 g/mol. The van der Waals surface area contributed by atoms with Crippen molar-refractivity contribution in [3.63, 3.8) is 0 Å². The van der Waals surface area contributed by atoms with Crippen molar-refractivity contribution >= 4 is 0 Å². The molecule has 1 heteroatoms. The maximum absolute atomic E-state index is 3.65. The number of hydrogen-bond donors (Lipinski definition) is 1. The highest BCUT2D eigenvalue weighted by Gasteiger charge is 2.30. The molecular weight excluding hydrogens is 230 g/mol. The summed E-state index contributed by atoms with van der Waals surface area (Å²) in [4.78, 5) is 0. The molecule has 1 saturated carbocycles. The minimum Gasteiger partial charge on any atom is -0.316 e. The van der Waals surface area contributed by atoms with E-state index in [1.807, 2.05) is 0 Å². The van der Waals surface area contributed by atoms with Gasteiger partial charge in [0.15, 0.2) is 0 Å². The standard InChI is InChI=1S/C18H37N/c1-3-4-5-6-7-8-9-10-11-12-16-19-17-18(2)14-13-15-18/h19H,3-17H2,1-2H3. The van der Waals surface area contributed by atoms with Gasteiger partial charge in [-0.1, -0.05) is 78.1 Å². The first-order valence-electron chi connectivity index (χ1n) is 8.97. The topological polar surface area (TPSA) is 12.0 Å². The second-order valence-electron chi connectivity index (χ2n) is 7.02.